The molecule has 0 radical (unpaired) electrons. The second-order valence-electron chi connectivity index (χ2n) is 9.60. The van der Waals surface area contributed by atoms with Crippen LogP contribution in [0.3, 0.4) is 0 Å². The standard InChI is InChI=1S/C29H37N3O5/c1-6-8-18-32(27(35)24(20-33)31-28(36)37-29(3,4)5)25(23-17-13-12-16-22(23)7-2)26(34)30-19-21-14-10-9-11-15-21/h2,9-17,24-25,33H,6,8,18-20H2,1,3-5H3,(H,30,34)(H,31,36). The molecule has 2 rings (SSSR count). The zero-order valence-corrected chi connectivity index (χ0v) is 22.0. The Bertz CT molecular complexity index is 1090. The zero-order chi connectivity index (χ0) is 27.4. The Labute approximate surface area is 219 Å². The molecule has 2 aromatic carbocycles. The third-order valence-corrected chi connectivity index (χ3v) is 5.49. The minimum Gasteiger partial charge on any atom is -0.444 e. The SMILES string of the molecule is C#Cc1ccccc1C(C(=O)NCc1ccccc1)N(CCCC)C(=O)C(CO)NC(=O)OC(C)(C)C. The van der Waals surface area contributed by atoms with Crippen molar-refractivity contribution in [2.45, 2.75) is 64.8 Å². The number of ether oxygens (including phenoxy) is 1. The van der Waals surface area contributed by atoms with Gasteiger partial charge in [0.15, 0.2) is 0 Å². The summed E-state index contributed by atoms with van der Waals surface area (Å²) in [5.74, 6) is 1.56. The van der Waals surface area contributed by atoms with Gasteiger partial charge in [-0.1, -0.05) is 67.8 Å². The van der Waals surface area contributed by atoms with Crippen LogP contribution in [-0.2, 0) is 20.9 Å². The van der Waals surface area contributed by atoms with Crippen molar-refractivity contribution in [3.63, 3.8) is 0 Å². The van der Waals surface area contributed by atoms with E-state index in [4.69, 9.17) is 11.2 Å². The molecule has 3 amide bonds. The van der Waals surface area contributed by atoms with Gasteiger partial charge >= 0.3 is 6.09 Å². The molecular formula is C29H37N3O5. The molecule has 0 aromatic heterocycles. The smallest absolute Gasteiger partial charge is 0.408 e. The van der Waals surface area contributed by atoms with E-state index >= 15 is 0 Å². The van der Waals surface area contributed by atoms with Gasteiger partial charge in [-0.2, -0.15) is 0 Å². The summed E-state index contributed by atoms with van der Waals surface area (Å²) >= 11 is 0. The summed E-state index contributed by atoms with van der Waals surface area (Å²) in [7, 11) is 0. The fraction of sp³-hybridized carbons (Fsp3) is 0.414. The summed E-state index contributed by atoms with van der Waals surface area (Å²) in [6.45, 7) is 6.84. The maximum Gasteiger partial charge on any atom is 0.408 e. The molecule has 0 aliphatic heterocycles. The van der Waals surface area contributed by atoms with Crippen LogP contribution < -0.4 is 10.6 Å². The number of nitrogens with one attached hydrogen (secondary N) is 2. The fourth-order valence-corrected chi connectivity index (χ4v) is 3.73. The first-order chi connectivity index (χ1) is 17.6. The number of aliphatic hydroxyl groups is 1. The summed E-state index contributed by atoms with van der Waals surface area (Å²) in [6, 6.07) is 13.9. The van der Waals surface area contributed by atoms with Crippen molar-refractivity contribution in [3.05, 3.63) is 71.3 Å². The van der Waals surface area contributed by atoms with Gasteiger partial charge in [0.1, 0.15) is 17.7 Å². The quantitative estimate of drug-likeness (QED) is 0.403. The van der Waals surface area contributed by atoms with E-state index in [9.17, 15) is 19.5 Å². The number of unbranched alkanes of at least 4 members (excludes halogenated alkanes) is 1. The van der Waals surface area contributed by atoms with E-state index in [-0.39, 0.29) is 13.1 Å². The van der Waals surface area contributed by atoms with Gasteiger partial charge in [0.25, 0.3) is 0 Å². The van der Waals surface area contributed by atoms with Crippen LogP contribution in [-0.4, -0.2) is 52.7 Å². The third-order valence-electron chi connectivity index (χ3n) is 5.49. The summed E-state index contributed by atoms with van der Waals surface area (Å²) in [6.07, 6.45) is 6.25. The zero-order valence-electron chi connectivity index (χ0n) is 22.0. The summed E-state index contributed by atoms with van der Waals surface area (Å²) in [5, 5.41) is 15.4. The lowest BCUT2D eigenvalue weighted by Crippen LogP contribution is -2.54. The van der Waals surface area contributed by atoms with Crippen molar-refractivity contribution < 1.29 is 24.2 Å². The highest BCUT2D eigenvalue weighted by Gasteiger charge is 2.36. The van der Waals surface area contributed by atoms with E-state index in [0.717, 1.165) is 12.0 Å². The molecule has 0 spiro atoms. The monoisotopic (exact) mass is 507 g/mol. The van der Waals surface area contributed by atoms with Gasteiger partial charge in [-0.25, -0.2) is 4.79 Å². The lowest BCUT2D eigenvalue weighted by molar-refractivity contribution is -0.143. The topological polar surface area (TPSA) is 108 Å². The van der Waals surface area contributed by atoms with Crippen molar-refractivity contribution in [1.29, 1.82) is 0 Å². The first kappa shape index (κ1) is 29.4. The molecule has 0 heterocycles. The molecule has 3 N–H and O–H groups in total. The number of aliphatic hydroxyl groups excluding tert-OH is 1. The number of alkyl carbamates (subject to hydrolysis) is 1. The first-order valence-electron chi connectivity index (χ1n) is 12.4. The average Bonchev–Trinajstić information content (AvgIpc) is 2.87. The van der Waals surface area contributed by atoms with E-state index in [0.29, 0.717) is 17.5 Å². The van der Waals surface area contributed by atoms with Gasteiger partial charge in [-0.3, -0.25) is 9.59 Å². The van der Waals surface area contributed by atoms with Crippen molar-refractivity contribution in [2.75, 3.05) is 13.2 Å². The van der Waals surface area contributed by atoms with Crippen molar-refractivity contribution in [2.24, 2.45) is 0 Å². The molecule has 37 heavy (non-hydrogen) atoms. The van der Waals surface area contributed by atoms with Gasteiger partial charge in [0.05, 0.1) is 6.61 Å². The van der Waals surface area contributed by atoms with E-state index in [1.54, 1.807) is 45.0 Å². The highest BCUT2D eigenvalue weighted by atomic mass is 16.6. The Kier molecular flexibility index (Phi) is 11.2. The van der Waals surface area contributed by atoms with Crippen LogP contribution in [0.1, 0.15) is 63.3 Å². The molecule has 0 aliphatic rings. The first-order valence-corrected chi connectivity index (χ1v) is 12.4. The van der Waals surface area contributed by atoms with Crippen LogP contribution in [0.2, 0.25) is 0 Å². The molecule has 8 heteroatoms. The lowest BCUT2D eigenvalue weighted by Gasteiger charge is -2.34. The Balaban J connectivity index is 2.45. The van der Waals surface area contributed by atoms with E-state index in [1.807, 2.05) is 37.3 Å². The number of carbonyl (C=O) groups is 3. The maximum absolute atomic E-state index is 13.7. The Morgan fingerprint density at radius 1 is 1.08 bits per heavy atom. The maximum atomic E-state index is 13.7. The van der Waals surface area contributed by atoms with E-state index in [2.05, 4.69) is 16.6 Å². The van der Waals surface area contributed by atoms with Gasteiger partial charge in [-0.15, -0.1) is 6.42 Å². The molecule has 0 saturated heterocycles. The fourth-order valence-electron chi connectivity index (χ4n) is 3.73. The number of benzene rings is 2. The summed E-state index contributed by atoms with van der Waals surface area (Å²) in [5.41, 5.74) is 1.05. The third kappa shape index (κ3) is 8.96. The van der Waals surface area contributed by atoms with Gasteiger partial charge in [-0.05, 0) is 44.4 Å². The van der Waals surface area contributed by atoms with Crippen LogP contribution in [0.4, 0.5) is 4.79 Å². The average molecular weight is 508 g/mol. The molecule has 2 unspecified atom stereocenters. The molecule has 0 aliphatic carbocycles. The Morgan fingerprint density at radius 2 is 1.73 bits per heavy atom. The van der Waals surface area contributed by atoms with Crippen LogP contribution in [0.15, 0.2) is 54.6 Å². The highest BCUT2D eigenvalue weighted by molar-refractivity contribution is 5.92. The predicted molar refractivity (Wildman–Crippen MR) is 142 cm³/mol. The van der Waals surface area contributed by atoms with Crippen LogP contribution in [0.5, 0.6) is 0 Å². The largest absolute Gasteiger partial charge is 0.444 e. The highest BCUT2D eigenvalue weighted by Crippen LogP contribution is 2.26. The number of rotatable bonds is 11. The predicted octanol–water partition coefficient (Wildman–Crippen LogP) is 3.54. The van der Waals surface area contributed by atoms with E-state index in [1.165, 1.54) is 4.90 Å². The van der Waals surface area contributed by atoms with Crippen LogP contribution >= 0.6 is 0 Å². The molecule has 0 fully saturated rings. The number of terminal acetylenes is 1. The number of amides is 3. The molecule has 8 nitrogen and oxygen atoms in total. The van der Waals surface area contributed by atoms with Gasteiger partial charge < -0.3 is 25.4 Å². The number of hydrogen-bond acceptors (Lipinski definition) is 5. The number of hydrogen-bond donors (Lipinski definition) is 3. The summed E-state index contributed by atoms with van der Waals surface area (Å²) < 4.78 is 5.26. The molecule has 0 bridgehead atoms. The second-order valence-corrected chi connectivity index (χ2v) is 9.60. The van der Waals surface area contributed by atoms with Crippen molar-refractivity contribution >= 4 is 17.9 Å². The minimum atomic E-state index is -1.31. The normalized spacial score (nSPS) is 12.5. The molecule has 198 valence electrons. The number of nitrogens with zero attached hydrogens (tertiary/aromatic N) is 1. The molecule has 2 atom stereocenters. The van der Waals surface area contributed by atoms with Crippen molar-refractivity contribution in [1.82, 2.24) is 15.5 Å². The molecular weight excluding hydrogens is 470 g/mol. The lowest BCUT2D eigenvalue weighted by atomic mass is 9.97. The van der Waals surface area contributed by atoms with Crippen molar-refractivity contribution in [3.8, 4) is 12.3 Å². The molecule has 2 aromatic rings. The Hall–Kier alpha value is -3.83. The van der Waals surface area contributed by atoms with E-state index < -0.39 is 42.2 Å². The second kappa shape index (κ2) is 14.0. The van der Waals surface area contributed by atoms with Gasteiger partial charge in [0.2, 0.25) is 11.8 Å². The van der Waals surface area contributed by atoms with Crippen LogP contribution in [0.25, 0.3) is 0 Å². The minimum absolute atomic E-state index is 0.212. The Morgan fingerprint density at radius 3 is 2.32 bits per heavy atom. The molecule has 0 saturated carbocycles. The summed E-state index contributed by atoms with van der Waals surface area (Å²) in [4.78, 5) is 41.2. The van der Waals surface area contributed by atoms with Gasteiger partial charge in [0, 0.05) is 18.7 Å². The number of carbonyl (C=O) groups excluding carboxylic acids is 3. The van der Waals surface area contributed by atoms with Crippen LogP contribution in [0, 0.1) is 12.3 Å².